The number of para-hydroxylation sites is 1. The van der Waals surface area contributed by atoms with Crippen LogP contribution in [0.4, 0.5) is 11.6 Å². The van der Waals surface area contributed by atoms with Crippen LogP contribution in [0.5, 0.6) is 0 Å². The highest BCUT2D eigenvalue weighted by atomic mass is 16.1. The maximum atomic E-state index is 11.4. The van der Waals surface area contributed by atoms with Gasteiger partial charge in [0, 0.05) is 17.8 Å². The zero-order valence-electron chi connectivity index (χ0n) is 11.7. The molecule has 0 fully saturated rings. The minimum Gasteiger partial charge on any atom is -0.369 e. The molecule has 21 heavy (non-hydrogen) atoms. The Balaban J connectivity index is 2.08. The number of benzene rings is 2. The molecule has 0 unspecified atom stereocenters. The maximum absolute atomic E-state index is 11.4. The van der Waals surface area contributed by atoms with Crippen molar-refractivity contribution in [2.24, 2.45) is 0 Å². The second-order valence-corrected chi connectivity index (χ2v) is 4.75. The van der Waals surface area contributed by atoms with Gasteiger partial charge in [-0.1, -0.05) is 25.1 Å². The number of nitrogens with zero attached hydrogens (tertiary/aromatic N) is 2. The molecular weight excluding hydrogens is 264 g/mol. The maximum Gasteiger partial charge on any atom is 0.224 e. The van der Waals surface area contributed by atoms with Gasteiger partial charge in [0.25, 0.3) is 0 Å². The lowest BCUT2D eigenvalue weighted by atomic mass is 10.2. The van der Waals surface area contributed by atoms with Crippen LogP contribution in [0.2, 0.25) is 0 Å². The zero-order valence-corrected chi connectivity index (χ0v) is 11.7. The van der Waals surface area contributed by atoms with E-state index in [4.69, 9.17) is 5.73 Å². The van der Waals surface area contributed by atoms with E-state index in [0.717, 1.165) is 22.4 Å². The molecule has 0 aliphatic heterocycles. The number of carbonyl (C=O) groups excluding carboxylic acids is 1. The summed E-state index contributed by atoms with van der Waals surface area (Å²) >= 11 is 0. The summed E-state index contributed by atoms with van der Waals surface area (Å²) in [6, 6.07) is 15.4. The summed E-state index contributed by atoms with van der Waals surface area (Å²) < 4.78 is 1.89. The van der Waals surface area contributed by atoms with Gasteiger partial charge in [-0.2, -0.15) is 0 Å². The lowest BCUT2D eigenvalue weighted by molar-refractivity contribution is -0.115. The van der Waals surface area contributed by atoms with Crippen molar-refractivity contribution in [2.45, 2.75) is 13.3 Å². The fourth-order valence-electron chi connectivity index (χ4n) is 2.27. The molecule has 2 aromatic carbocycles. The molecule has 3 rings (SSSR count). The Morgan fingerprint density at radius 1 is 1.24 bits per heavy atom. The number of fused-ring (bicyclic) bond motifs is 1. The topological polar surface area (TPSA) is 72.9 Å². The van der Waals surface area contributed by atoms with Gasteiger partial charge in [-0.3, -0.25) is 9.36 Å². The first-order chi connectivity index (χ1) is 10.2. The second-order valence-electron chi connectivity index (χ2n) is 4.75. The molecule has 5 heteroatoms. The van der Waals surface area contributed by atoms with Crippen molar-refractivity contribution in [1.82, 2.24) is 9.55 Å². The van der Waals surface area contributed by atoms with Crippen LogP contribution in [-0.4, -0.2) is 15.5 Å². The number of nitrogens with one attached hydrogen (secondary N) is 1. The van der Waals surface area contributed by atoms with Crippen molar-refractivity contribution in [1.29, 1.82) is 0 Å². The number of anilines is 2. The predicted molar refractivity (Wildman–Crippen MR) is 84.4 cm³/mol. The zero-order chi connectivity index (χ0) is 14.8. The predicted octanol–water partition coefficient (Wildman–Crippen LogP) is 2.96. The quantitative estimate of drug-likeness (QED) is 0.774. The van der Waals surface area contributed by atoms with Crippen LogP contribution in [-0.2, 0) is 4.79 Å². The molecule has 0 aliphatic rings. The molecule has 3 aromatic rings. The Hall–Kier alpha value is -2.82. The molecule has 0 radical (unpaired) electrons. The second kappa shape index (κ2) is 5.28. The van der Waals surface area contributed by atoms with Crippen LogP contribution in [0.25, 0.3) is 16.7 Å². The van der Waals surface area contributed by atoms with E-state index in [-0.39, 0.29) is 5.91 Å². The fourth-order valence-corrected chi connectivity index (χ4v) is 2.27. The number of nitrogens with two attached hydrogens (primary N) is 1. The van der Waals surface area contributed by atoms with E-state index in [1.54, 1.807) is 0 Å². The Labute approximate surface area is 122 Å². The third-order valence-electron chi connectivity index (χ3n) is 3.30. The third-order valence-corrected chi connectivity index (χ3v) is 3.30. The summed E-state index contributed by atoms with van der Waals surface area (Å²) in [5.41, 5.74) is 9.38. The van der Waals surface area contributed by atoms with E-state index < -0.39 is 0 Å². The number of imidazole rings is 1. The Morgan fingerprint density at radius 3 is 2.71 bits per heavy atom. The number of rotatable bonds is 3. The highest BCUT2D eigenvalue weighted by Crippen LogP contribution is 2.25. The van der Waals surface area contributed by atoms with Crippen LogP contribution in [0, 0.1) is 0 Å². The van der Waals surface area contributed by atoms with Crippen molar-refractivity contribution in [3.8, 4) is 5.69 Å². The molecule has 106 valence electrons. The smallest absolute Gasteiger partial charge is 0.224 e. The molecule has 1 heterocycles. The van der Waals surface area contributed by atoms with Crippen molar-refractivity contribution in [3.63, 3.8) is 0 Å². The van der Waals surface area contributed by atoms with Crippen LogP contribution in [0.1, 0.15) is 13.3 Å². The highest BCUT2D eigenvalue weighted by Gasteiger charge is 2.10. The number of carbonyl (C=O) groups is 1. The molecule has 0 spiro atoms. The third kappa shape index (κ3) is 2.45. The van der Waals surface area contributed by atoms with Crippen molar-refractivity contribution in [3.05, 3.63) is 48.5 Å². The summed E-state index contributed by atoms with van der Waals surface area (Å²) in [5.74, 6) is 0.403. The average Bonchev–Trinajstić information content (AvgIpc) is 2.83. The Morgan fingerprint density at radius 2 is 2.00 bits per heavy atom. The molecule has 0 saturated heterocycles. The number of hydrogen-bond donors (Lipinski definition) is 2. The van der Waals surface area contributed by atoms with Gasteiger partial charge < -0.3 is 11.1 Å². The molecule has 1 aromatic heterocycles. The fraction of sp³-hybridized carbons (Fsp3) is 0.125. The summed E-state index contributed by atoms with van der Waals surface area (Å²) in [6.07, 6.45) is 0.443. The molecular formula is C16H16N4O. The standard InChI is InChI=1S/C16H16N4O/c1-2-15(21)18-11-8-9-14-13(10-11)19-16(17)20(14)12-6-4-3-5-7-12/h3-10H,2H2,1H3,(H2,17,19)(H,18,21). The summed E-state index contributed by atoms with van der Waals surface area (Å²) in [6.45, 7) is 1.82. The summed E-state index contributed by atoms with van der Waals surface area (Å²) in [7, 11) is 0. The van der Waals surface area contributed by atoms with Gasteiger partial charge in [0.15, 0.2) is 0 Å². The molecule has 0 bridgehead atoms. The van der Waals surface area contributed by atoms with Gasteiger partial charge in [-0.15, -0.1) is 0 Å². The number of amides is 1. The van der Waals surface area contributed by atoms with Gasteiger partial charge in [-0.25, -0.2) is 4.98 Å². The van der Waals surface area contributed by atoms with Crippen LogP contribution in [0.15, 0.2) is 48.5 Å². The van der Waals surface area contributed by atoms with Crippen LogP contribution in [0.3, 0.4) is 0 Å². The van der Waals surface area contributed by atoms with Crippen molar-refractivity contribution < 1.29 is 4.79 Å². The van der Waals surface area contributed by atoms with Gasteiger partial charge in [0.1, 0.15) is 0 Å². The minimum atomic E-state index is -0.0233. The monoisotopic (exact) mass is 280 g/mol. The van der Waals surface area contributed by atoms with Gasteiger partial charge in [0.05, 0.1) is 11.0 Å². The number of hydrogen-bond acceptors (Lipinski definition) is 3. The SMILES string of the molecule is CCC(=O)Nc1ccc2c(c1)nc(N)n2-c1ccccc1. The van der Waals surface area contributed by atoms with E-state index in [1.165, 1.54) is 0 Å². The average molecular weight is 280 g/mol. The number of nitrogen functional groups attached to an aromatic ring is 1. The molecule has 0 saturated carbocycles. The summed E-state index contributed by atoms with van der Waals surface area (Å²) in [5, 5.41) is 2.82. The van der Waals surface area contributed by atoms with E-state index >= 15 is 0 Å². The Kier molecular flexibility index (Phi) is 3.31. The van der Waals surface area contributed by atoms with Crippen LogP contribution >= 0.6 is 0 Å². The van der Waals surface area contributed by atoms with E-state index in [0.29, 0.717) is 12.4 Å². The molecule has 3 N–H and O–H groups in total. The van der Waals surface area contributed by atoms with E-state index in [1.807, 2.05) is 60.0 Å². The van der Waals surface area contributed by atoms with E-state index in [2.05, 4.69) is 10.3 Å². The van der Waals surface area contributed by atoms with Crippen molar-refractivity contribution in [2.75, 3.05) is 11.1 Å². The first-order valence-electron chi connectivity index (χ1n) is 6.82. The first kappa shape index (κ1) is 13.2. The van der Waals surface area contributed by atoms with Gasteiger partial charge in [-0.05, 0) is 30.3 Å². The number of aromatic nitrogens is 2. The molecule has 1 amide bonds. The lowest BCUT2D eigenvalue weighted by Gasteiger charge is -2.07. The van der Waals surface area contributed by atoms with Gasteiger partial charge in [0.2, 0.25) is 11.9 Å². The highest BCUT2D eigenvalue weighted by molar-refractivity contribution is 5.93. The van der Waals surface area contributed by atoms with E-state index in [9.17, 15) is 4.79 Å². The molecule has 0 aliphatic carbocycles. The Bertz CT molecular complexity index is 793. The van der Waals surface area contributed by atoms with Crippen molar-refractivity contribution >= 4 is 28.6 Å². The van der Waals surface area contributed by atoms with Crippen LogP contribution < -0.4 is 11.1 Å². The lowest BCUT2D eigenvalue weighted by Crippen LogP contribution is -2.09. The molecule has 5 nitrogen and oxygen atoms in total. The molecule has 0 atom stereocenters. The first-order valence-corrected chi connectivity index (χ1v) is 6.82. The normalized spacial score (nSPS) is 10.7. The minimum absolute atomic E-state index is 0.0233. The summed E-state index contributed by atoms with van der Waals surface area (Å²) in [4.78, 5) is 15.8. The van der Waals surface area contributed by atoms with Gasteiger partial charge >= 0.3 is 0 Å². The largest absolute Gasteiger partial charge is 0.369 e.